The van der Waals surface area contributed by atoms with E-state index < -0.39 is 24.3 Å². The molecular formula is C20H19ClFNO5. The number of carbonyl (C=O) groups is 2. The van der Waals surface area contributed by atoms with Crippen molar-refractivity contribution in [1.29, 1.82) is 0 Å². The third-order valence-electron chi connectivity index (χ3n) is 3.45. The number of ether oxygens (including phenoxy) is 3. The predicted octanol–water partition coefficient (Wildman–Crippen LogP) is 4.08. The molecule has 8 heteroatoms. The SMILES string of the molecule is CCOc1cc(/C=C/C(=O)OCC(=O)Nc2ccc(F)c(Cl)c2)ccc1OC. The Morgan fingerprint density at radius 3 is 2.64 bits per heavy atom. The first-order chi connectivity index (χ1) is 13.4. The van der Waals surface area contributed by atoms with Gasteiger partial charge in [-0.25, -0.2) is 9.18 Å². The summed E-state index contributed by atoms with van der Waals surface area (Å²) in [6, 6.07) is 8.92. The van der Waals surface area contributed by atoms with Crippen molar-refractivity contribution in [3.8, 4) is 11.5 Å². The van der Waals surface area contributed by atoms with E-state index in [0.29, 0.717) is 29.4 Å². The summed E-state index contributed by atoms with van der Waals surface area (Å²) in [6.07, 6.45) is 2.72. The number of hydrogen-bond donors (Lipinski definition) is 1. The molecule has 0 aromatic heterocycles. The highest BCUT2D eigenvalue weighted by atomic mass is 35.5. The Morgan fingerprint density at radius 1 is 1.18 bits per heavy atom. The van der Waals surface area contributed by atoms with Crippen LogP contribution in [0.1, 0.15) is 12.5 Å². The Bertz CT molecular complexity index is 885. The molecule has 0 aliphatic rings. The molecule has 6 nitrogen and oxygen atoms in total. The van der Waals surface area contributed by atoms with Gasteiger partial charge in [0.15, 0.2) is 18.1 Å². The summed E-state index contributed by atoms with van der Waals surface area (Å²) >= 11 is 5.64. The minimum absolute atomic E-state index is 0.122. The highest BCUT2D eigenvalue weighted by molar-refractivity contribution is 6.31. The molecular weight excluding hydrogens is 389 g/mol. The normalized spacial score (nSPS) is 10.6. The average Bonchev–Trinajstić information content (AvgIpc) is 2.68. The maximum atomic E-state index is 13.1. The van der Waals surface area contributed by atoms with Gasteiger partial charge in [0.25, 0.3) is 5.91 Å². The van der Waals surface area contributed by atoms with Crippen LogP contribution in [-0.4, -0.2) is 32.2 Å². The molecule has 0 atom stereocenters. The molecule has 0 bridgehead atoms. The molecule has 0 saturated heterocycles. The molecule has 0 heterocycles. The van der Waals surface area contributed by atoms with Gasteiger partial charge in [0.1, 0.15) is 5.82 Å². The van der Waals surface area contributed by atoms with Crippen LogP contribution in [-0.2, 0) is 14.3 Å². The lowest BCUT2D eigenvalue weighted by Gasteiger charge is -2.09. The van der Waals surface area contributed by atoms with Crippen molar-refractivity contribution in [2.45, 2.75) is 6.92 Å². The highest BCUT2D eigenvalue weighted by Gasteiger charge is 2.08. The molecule has 2 aromatic carbocycles. The van der Waals surface area contributed by atoms with Crippen LogP contribution < -0.4 is 14.8 Å². The second kappa shape index (κ2) is 10.3. The van der Waals surface area contributed by atoms with E-state index >= 15 is 0 Å². The van der Waals surface area contributed by atoms with E-state index in [2.05, 4.69) is 5.32 Å². The first-order valence-electron chi connectivity index (χ1n) is 8.33. The Kier molecular flexibility index (Phi) is 7.83. The molecule has 1 N–H and O–H groups in total. The van der Waals surface area contributed by atoms with Crippen molar-refractivity contribution in [3.63, 3.8) is 0 Å². The number of halogens is 2. The molecule has 0 aliphatic carbocycles. The molecule has 0 saturated carbocycles. The maximum Gasteiger partial charge on any atom is 0.331 e. The summed E-state index contributed by atoms with van der Waals surface area (Å²) in [4.78, 5) is 23.6. The van der Waals surface area contributed by atoms with Gasteiger partial charge in [-0.15, -0.1) is 0 Å². The van der Waals surface area contributed by atoms with Crippen molar-refractivity contribution in [2.24, 2.45) is 0 Å². The monoisotopic (exact) mass is 407 g/mol. The molecule has 148 valence electrons. The number of hydrogen-bond acceptors (Lipinski definition) is 5. The summed E-state index contributed by atoms with van der Waals surface area (Å²) in [5.41, 5.74) is 0.997. The highest BCUT2D eigenvalue weighted by Crippen LogP contribution is 2.28. The van der Waals surface area contributed by atoms with E-state index in [-0.39, 0.29) is 5.02 Å². The third-order valence-corrected chi connectivity index (χ3v) is 3.74. The number of benzene rings is 2. The van der Waals surface area contributed by atoms with Crippen LogP contribution in [0.5, 0.6) is 11.5 Å². The number of methoxy groups -OCH3 is 1. The van der Waals surface area contributed by atoms with E-state index in [4.69, 9.17) is 25.8 Å². The third kappa shape index (κ3) is 6.28. The zero-order valence-electron chi connectivity index (χ0n) is 15.3. The van der Waals surface area contributed by atoms with Crippen molar-refractivity contribution < 1.29 is 28.2 Å². The lowest BCUT2D eigenvalue weighted by molar-refractivity contribution is -0.142. The number of anilines is 1. The van der Waals surface area contributed by atoms with Gasteiger partial charge in [0.05, 0.1) is 18.7 Å². The van der Waals surface area contributed by atoms with Crippen LogP contribution in [0.3, 0.4) is 0 Å². The van der Waals surface area contributed by atoms with Gasteiger partial charge in [-0.3, -0.25) is 4.79 Å². The first-order valence-corrected chi connectivity index (χ1v) is 8.71. The molecule has 0 spiro atoms. The Labute approximate surface area is 166 Å². The standard InChI is InChI=1S/C20H19ClFNO5/c1-3-27-18-10-13(4-8-17(18)26-2)5-9-20(25)28-12-19(24)23-14-6-7-16(22)15(21)11-14/h4-11H,3,12H2,1-2H3,(H,23,24)/b9-5+. The second-order valence-corrected chi connectivity index (χ2v) is 5.87. The molecule has 0 fully saturated rings. The largest absolute Gasteiger partial charge is 0.493 e. The fourth-order valence-electron chi connectivity index (χ4n) is 2.19. The number of rotatable bonds is 8. The van der Waals surface area contributed by atoms with E-state index in [1.54, 1.807) is 18.2 Å². The molecule has 0 radical (unpaired) electrons. The van der Waals surface area contributed by atoms with Crippen LogP contribution in [0.15, 0.2) is 42.5 Å². The van der Waals surface area contributed by atoms with Crippen molar-refractivity contribution in [2.75, 3.05) is 25.6 Å². The topological polar surface area (TPSA) is 73.9 Å². The Balaban J connectivity index is 1.88. The fourth-order valence-corrected chi connectivity index (χ4v) is 2.37. The van der Waals surface area contributed by atoms with Crippen molar-refractivity contribution >= 4 is 35.2 Å². The van der Waals surface area contributed by atoms with Gasteiger partial charge in [0, 0.05) is 11.8 Å². The quantitative estimate of drug-likeness (QED) is 0.527. The van der Waals surface area contributed by atoms with Crippen LogP contribution in [0.25, 0.3) is 6.08 Å². The van der Waals surface area contributed by atoms with Crippen LogP contribution in [0.2, 0.25) is 5.02 Å². The van der Waals surface area contributed by atoms with Gasteiger partial charge < -0.3 is 19.5 Å². The summed E-state index contributed by atoms with van der Waals surface area (Å²) in [6.45, 7) is 1.83. The lowest BCUT2D eigenvalue weighted by Crippen LogP contribution is -2.20. The minimum atomic E-state index is -0.693. The molecule has 1 amide bonds. The van der Waals surface area contributed by atoms with E-state index in [1.165, 1.54) is 31.4 Å². The smallest absolute Gasteiger partial charge is 0.331 e. The van der Waals surface area contributed by atoms with Crippen molar-refractivity contribution in [3.05, 3.63) is 58.9 Å². The van der Waals surface area contributed by atoms with Crippen LogP contribution in [0, 0.1) is 5.82 Å². The summed E-state index contributed by atoms with van der Waals surface area (Å²) in [5, 5.41) is 2.33. The Morgan fingerprint density at radius 2 is 1.96 bits per heavy atom. The molecule has 28 heavy (non-hydrogen) atoms. The molecule has 2 aromatic rings. The van der Waals surface area contributed by atoms with Crippen molar-refractivity contribution in [1.82, 2.24) is 0 Å². The zero-order chi connectivity index (χ0) is 20.5. The van der Waals surface area contributed by atoms with Gasteiger partial charge in [-0.05, 0) is 48.9 Å². The minimum Gasteiger partial charge on any atom is -0.493 e. The number of carbonyl (C=O) groups excluding carboxylic acids is 2. The lowest BCUT2D eigenvalue weighted by atomic mass is 10.2. The number of amides is 1. The van der Waals surface area contributed by atoms with E-state index in [1.807, 2.05) is 6.92 Å². The summed E-state index contributed by atoms with van der Waals surface area (Å²) < 4.78 is 28.6. The van der Waals surface area contributed by atoms with Crippen LogP contribution in [0.4, 0.5) is 10.1 Å². The fraction of sp³-hybridized carbons (Fsp3) is 0.200. The maximum absolute atomic E-state index is 13.1. The van der Waals surface area contributed by atoms with Crippen LogP contribution >= 0.6 is 11.6 Å². The molecule has 0 unspecified atom stereocenters. The average molecular weight is 408 g/mol. The first kappa shape index (κ1) is 21.2. The molecule has 2 rings (SSSR count). The van der Waals surface area contributed by atoms with E-state index in [9.17, 15) is 14.0 Å². The predicted molar refractivity (Wildman–Crippen MR) is 104 cm³/mol. The van der Waals surface area contributed by atoms with Gasteiger partial charge in [0.2, 0.25) is 0 Å². The Hall–Kier alpha value is -3.06. The van der Waals surface area contributed by atoms with E-state index in [0.717, 1.165) is 6.07 Å². The number of esters is 1. The van der Waals surface area contributed by atoms with Gasteiger partial charge in [-0.1, -0.05) is 17.7 Å². The number of nitrogens with one attached hydrogen (secondary N) is 1. The van der Waals surface area contributed by atoms with Gasteiger partial charge in [-0.2, -0.15) is 0 Å². The zero-order valence-corrected chi connectivity index (χ0v) is 16.1. The second-order valence-electron chi connectivity index (χ2n) is 5.46. The van der Waals surface area contributed by atoms with Gasteiger partial charge >= 0.3 is 5.97 Å². The summed E-state index contributed by atoms with van der Waals surface area (Å²) in [5.74, 6) is -0.729. The molecule has 0 aliphatic heterocycles. The summed E-state index contributed by atoms with van der Waals surface area (Å²) in [7, 11) is 1.54.